The lowest BCUT2D eigenvalue weighted by atomic mass is 10.2. The minimum Gasteiger partial charge on any atom is -0.505 e. The molecule has 0 aliphatic carbocycles. The molecule has 3 N–H and O–H groups in total. The minimum atomic E-state index is -0.480. The zero-order valence-corrected chi connectivity index (χ0v) is 14.1. The maximum atomic E-state index is 12.2. The van der Waals surface area contributed by atoms with Gasteiger partial charge in [-0.25, -0.2) is 9.97 Å². The zero-order valence-electron chi connectivity index (χ0n) is 14.1. The van der Waals surface area contributed by atoms with E-state index in [-0.39, 0.29) is 11.4 Å². The first kappa shape index (κ1) is 16.5. The average molecular weight is 357 g/mol. The molecule has 2 aromatic heterocycles. The number of carbonyl (C=O) groups excluding carboxylic acids is 1. The highest BCUT2D eigenvalue weighted by Gasteiger charge is 2.13. The second-order valence-electron chi connectivity index (χ2n) is 5.78. The summed E-state index contributed by atoms with van der Waals surface area (Å²) in [5.74, 6) is 0.608. The number of nitrogens with one attached hydrogen (secondary N) is 2. The largest absolute Gasteiger partial charge is 0.505 e. The highest BCUT2D eigenvalue weighted by atomic mass is 16.3. The summed E-state index contributed by atoms with van der Waals surface area (Å²) in [4.78, 5) is 20.6. The van der Waals surface area contributed by atoms with Crippen molar-refractivity contribution < 1.29 is 9.90 Å². The fourth-order valence-corrected chi connectivity index (χ4v) is 2.58. The first-order valence-electron chi connectivity index (χ1n) is 8.24. The van der Waals surface area contributed by atoms with Crippen LogP contribution in [-0.2, 0) is 0 Å². The number of carbonyl (C=O) groups is 1. The third-order valence-corrected chi connectivity index (χ3v) is 3.94. The second kappa shape index (κ2) is 7.09. The molecule has 0 bridgehead atoms. The van der Waals surface area contributed by atoms with Crippen LogP contribution in [0, 0.1) is 0 Å². The average Bonchev–Trinajstić information content (AvgIpc) is 3.20. The van der Waals surface area contributed by atoms with E-state index in [0.29, 0.717) is 17.3 Å². The van der Waals surface area contributed by atoms with Gasteiger partial charge < -0.3 is 10.4 Å². The molecule has 0 saturated heterocycles. The Labute approximate surface area is 154 Å². The zero-order chi connectivity index (χ0) is 18.6. The number of aromatic nitrogens is 4. The Morgan fingerprint density at radius 3 is 2.44 bits per heavy atom. The summed E-state index contributed by atoms with van der Waals surface area (Å²) in [6, 6.07) is 19.8. The van der Waals surface area contributed by atoms with Crippen LogP contribution in [0.1, 0.15) is 10.5 Å². The number of aromatic amines is 1. The number of amides is 1. The van der Waals surface area contributed by atoms with Gasteiger partial charge in [0.05, 0.1) is 0 Å². The van der Waals surface area contributed by atoms with Gasteiger partial charge in [-0.1, -0.05) is 30.3 Å². The molecule has 0 radical (unpaired) electrons. The number of benzene rings is 2. The van der Waals surface area contributed by atoms with Gasteiger partial charge in [-0.05, 0) is 36.4 Å². The topological polar surface area (TPSA) is 104 Å². The molecule has 0 fully saturated rings. The van der Waals surface area contributed by atoms with Crippen LogP contribution in [0.4, 0.5) is 5.69 Å². The minimum absolute atomic E-state index is 0.0238. The molecule has 0 unspecified atom stereocenters. The number of nitrogens with zero attached hydrogens (tertiary/aromatic N) is 3. The molecule has 132 valence electrons. The fraction of sp³-hybridized carbons (Fsp3) is 0. The van der Waals surface area contributed by atoms with Crippen LogP contribution in [-0.4, -0.2) is 31.2 Å². The quantitative estimate of drug-likeness (QED) is 0.519. The van der Waals surface area contributed by atoms with Crippen LogP contribution in [0.3, 0.4) is 0 Å². The first-order valence-corrected chi connectivity index (χ1v) is 8.24. The van der Waals surface area contributed by atoms with Crippen molar-refractivity contribution >= 4 is 11.6 Å². The van der Waals surface area contributed by atoms with E-state index in [1.807, 2.05) is 42.5 Å². The Bertz CT molecular complexity index is 1070. The molecule has 1 amide bonds. The Hall–Kier alpha value is -4.00. The molecule has 7 heteroatoms. The molecule has 0 saturated carbocycles. The van der Waals surface area contributed by atoms with Crippen molar-refractivity contribution in [3.63, 3.8) is 0 Å². The van der Waals surface area contributed by atoms with Crippen LogP contribution in [0.15, 0.2) is 72.9 Å². The Kier molecular flexibility index (Phi) is 4.32. The third kappa shape index (κ3) is 3.52. The molecule has 2 heterocycles. The standard InChI is InChI=1S/C20H15N5O2/c26-16-7-4-12-21-17(16)20(27)22-15-10-8-14(9-11-15)19-23-18(24-25-19)13-5-2-1-3-6-13/h1-12,26H,(H,22,27)(H,23,24,25). The summed E-state index contributed by atoms with van der Waals surface area (Å²) in [6.07, 6.45) is 1.45. The number of pyridine rings is 1. The number of hydrogen-bond donors (Lipinski definition) is 3. The lowest BCUT2D eigenvalue weighted by Crippen LogP contribution is -2.13. The second-order valence-corrected chi connectivity index (χ2v) is 5.78. The van der Waals surface area contributed by atoms with Crippen molar-refractivity contribution in [2.75, 3.05) is 5.32 Å². The van der Waals surface area contributed by atoms with Crippen molar-refractivity contribution in [2.45, 2.75) is 0 Å². The van der Waals surface area contributed by atoms with Crippen molar-refractivity contribution in [1.82, 2.24) is 20.2 Å². The number of H-pyrrole nitrogens is 1. The normalized spacial score (nSPS) is 10.5. The fourth-order valence-electron chi connectivity index (χ4n) is 2.58. The van der Waals surface area contributed by atoms with Crippen LogP contribution in [0.25, 0.3) is 22.8 Å². The molecule has 4 aromatic rings. The number of hydrogen-bond acceptors (Lipinski definition) is 5. The van der Waals surface area contributed by atoms with Crippen molar-refractivity contribution in [3.8, 4) is 28.5 Å². The summed E-state index contributed by atoms with van der Waals surface area (Å²) in [6.45, 7) is 0. The van der Waals surface area contributed by atoms with E-state index in [4.69, 9.17) is 0 Å². The Morgan fingerprint density at radius 2 is 1.70 bits per heavy atom. The lowest BCUT2D eigenvalue weighted by Gasteiger charge is -2.06. The monoisotopic (exact) mass is 357 g/mol. The van der Waals surface area contributed by atoms with Gasteiger partial charge in [-0.15, -0.1) is 0 Å². The van der Waals surface area contributed by atoms with E-state index >= 15 is 0 Å². The van der Waals surface area contributed by atoms with Crippen molar-refractivity contribution in [2.24, 2.45) is 0 Å². The summed E-state index contributed by atoms with van der Waals surface area (Å²) < 4.78 is 0. The van der Waals surface area contributed by atoms with Gasteiger partial charge in [-0.2, -0.15) is 5.10 Å². The van der Waals surface area contributed by atoms with Gasteiger partial charge in [-0.3, -0.25) is 9.89 Å². The highest BCUT2D eigenvalue weighted by molar-refractivity contribution is 6.04. The summed E-state index contributed by atoms with van der Waals surface area (Å²) in [7, 11) is 0. The molecule has 0 atom stereocenters. The highest BCUT2D eigenvalue weighted by Crippen LogP contribution is 2.22. The van der Waals surface area contributed by atoms with Gasteiger partial charge in [0.25, 0.3) is 5.91 Å². The molecule has 7 nitrogen and oxygen atoms in total. The number of rotatable bonds is 4. The predicted octanol–water partition coefficient (Wildman–Crippen LogP) is 3.49. The van der Waals surface area contributed by atoms with Gasteiger partial charge in [0.15, 0.2) is 17.3 Å². The molecule has 4 rings (SSSR count). The van der Waals surface area contributed by atoms with E-state index in [1.54, 1.807) is 18.2 Å². The van der Waals surface area contributed by atoms with E-state index in [0.717, 1.165) is 11.1 Å². The van der Waals surface area contributed by atoms with Gasteiger partial charge in [0.1, 0.15) is 5.75 Å². The molecule has 27 heavy (non-hydrogen) atoms. The molecule has 2 aromatic carbocycles. The van der Waals surface area contributed by atoms with Gasteiger partial charge in [0.2, 0.25) is 0 Å². The van der Waals surface area contributed by atoms with Gasteiger partial charge in [0, 0.05) is 23.0 Å². The maximum Gasteiger partial charge on any atom is 0.278 e. The number of aromatic hydroxyl groups is 1. The van der Waals surface area contributed by atoms with Crippen molar-refractivity contribution in [1.29, 1.82) is 0 Å². The van der Waals surface area contributed by atoms with Crippen molar-refractivity contribution in [3.05, 3.63) is 78.6 Å². The Morgan fingerprint density at radius 1 is 0.926 bits per heavy atom. The lowest BCUT2D eigenvalue weighted by molar-refractivity contribution is 0.101. The summed E-state index contributed by atoms with van der Waals surface area (Å²) in [5, 5.41) is 19.6. The maximum absolute atomic E-state index is 12.2. The van der Waals surface area contributed by atoms with Crippen LogP contribution >= 0.6 is 0 Å². The van der Waals surface area contributed by atoms with E-state index in [9.17, 15) is 9.90 Å². The SMILES string of the molecule is O=C(Nc1ccc(-c2nc(-c3ccccc3)n[nH]2)cc1)c1ncccc1O. The smallest absolute Gasteiger partial charge is 0.278 e. The molecular formula is C20H15N5O2. The first-order chi connectivity index (χ1) is 13.2. The Balaban J connectivity index is 1.50. The summed E-state index contributed by atoms with van der Waals surface area (Å²) in [5.41, 5.74) is 2.32. The molecular weight excluding hydrogens is 342 g/mol. The third-order valence-electron chi connectivity index (χ3n) is 3.94. The van der Waals surface area contributed by atoms with Crippen LogP contribution < -0.4 is 5.32 Å². The van der Waals surface area contributed by atoms with Gasteiger partial charge >= 0.3 is 0 Å². The number of anilines is 1. The van der Waals surface area contributed by atoms with E-state index in [1.165, 1.54) is 12.3 Å². The van der Waals surface area contributed by atoms with Crippen LogP contribution in [0.5, 0.6) is 5.75 Å². The predicted molar refractivity (Wildman–Crippen MR) is 101 cm³/mol. The van der Waals surface area contributed by atoms with E-state index in [2.05, 4.69) is 25.5 Å². The summed E-state index contributed by atoms with van der Waals surface area (Å²) >= 11 is 0. The molecule has 0 spiro atoms. The van der Waals surface area contributed by atoms with E-state index < -0.39 is 5.91 Å². The molecule has 0 aliphatic rings. The van der Waals surface area contributed by atoms with Crippen LogP contribution in [0.2, 0.25) is 0 Å². The molecule has 0 aliphatic heterocycles.